The Balaban J connectivity index is 3.49. The van der Waals surface area contributed by atoms with E-state index in [1.165, 1.54) is 13.1 Å². The van der Waals surface area contributed by atoms with E-state index in [1.807, 2.05) is 0 Å². The molecule has 0 radical (unpaired) electrons. The van der Waals surface area contributed by atoms with Crippen molar-refractivity contribution in [2.45, 2.75) is 6.92 Å². The summed E-state index contributed by atoms with van der Waals surface area (Å²) in [5.41, 5.74) is -0.338. The number of pyridine rings is 1. The number of aromatic hydroxyl groups is 1. The van der Waals surface area contributed by atoms with Crippen LogP contribution in [0.5, 0.6) is 5.75 Å². The van der Waals surface area contributed by atoms with Crippen LogP contribution in [-0.2, 0) is 0 Å². The first-order valence-corrected chi connectivity index (χ1v) is 2.73. The summed E-state index contributed by atoms with van der Waals surface area (Å²) >= 11 is 0. The van der Waals surface area contributed by atoms with Crippen LogP contribution in [-0.4, -0.2) is 15.0 Å². The molecule has 0 fully saturated rings. The molecule has 0 saturated heterocycles. The number of hydrogen-bond donors (Lipinski definition) is 2. The lowest BCUT2D eigenvalue weighted by Crippen LogP contribution is -2.06. The lowest BCUT2D eigenvalue weighted by molar-refractivity contribution is 0.173. The summed E-state index contributed by atoms with van der Waals surface area (Å²) in [5, 5.41) is 17.7. The molecule has 54 valence electrons. The van der Waals surface area contributed by atoms with Gasteiger partial charge in [-0.05, 0) is 6.92 Å². The fraction of sp³-hybridized carbons (Fsp3) is 0.167. The van der Waals surface area contributed by atoms with Crippen LogP contribution in [0.4, 0.5) is 0 Å². The molecule has 2 N–H and O–H groups in total. The van der Waals surface area contributed by atoms with E-state index < -0.39 is 11.2 Å². The normalized spacial score (nSPS) is 9.70. The molecule has 0 saturated carbocycles. The van der Waals surface area contributed by atoms with Gasteiger partial charge in [0.1, 0.15) is 0 Å². The zero-order valence-electron chi connectivity index (χ0n) is 5.40. The molecular weight excluding hydrogens is 134 g/mol. The highest BCUT2D eigenvalue weighted by Crippen LogP contribution is 2.05. The van der Waals surface area contributed by atoms with Gasteiger partial charge in [0.15, 0.2) is 5.75 Å². The van der Waals surface area contributed by atoms with Crippen molar-refractivity contribution in [1.29, 1.82) is 0 Å². The molecule has 10 heavy (non-hydrogen) atoms. The van der Waals surface area contributed by atoms with Gasteiger partial charge in [-0.25, -0.2) is 0 Å². The minimum Gasteiger partial charge on any atom is -0.503 e. The van der Waals surface area contributed by atoms with Crippen LogP contribution < -0.4 is 5.43 Å². The average Bonchev–Trinajstić information content (AvgIpc) is 1.93. The Labute approximate surface area is 56.9 Å². The predicted octanol–water partition coefficient (Wildman–Crippen LogP) is 0.0996. The molecule has 4 nitrogen and oxygen atoms in total. The monoisotopic (exact) mass is 141 g/mol. The van der Waals surface area contributed by atoms with E-state index in [2.05, 4.69) is 0 Å². The second kappa shape index (κ2) is 2.06. The van der Waals surface area contributed by atoms with Gasteiger partial charge in [-0.2, -0.15) is 4.73 Å². The van der Waals surface area contributed by atoms with Gasteiger partial charge in [0.2, 0.25) is 5.43 Å². The molecule has 0 aliphatic heterocycles. The fourth-order valence-corrected chi connectivity index (χ4v) is 0.616. The number of aromatic nitrogens is 1. The first kappa shape index (κ1) is 6.67. The van der Waals surface area contributed by atoms with Crippen molar-refractivity contribution in [2.24, 2.45) is 0 Å². The highest BCUT2D eigenvalue weighted by atomic mass is 16.5. The van der Waals surface area contributed by atoms with E-state index >= 15 is 0 Å². The van der Waals surface area contributed by atoms with Gasteiger partial charge in [0.05, 0.1) is 5.69 Å². The van der Waals surface area contributed by atoms with Crippen LogP contribution >= 0.6 is 0 Å². The molecule has 4 heteroatoms. The van der Waals surface area contributed by atoms with Crippen molar-refractivity contribution in [2.75, 3.05) is 0 Å². The molecule has 1 heterocycles. The highest BCUT2D eigenvalue weighted by molar-refractivity contribution is 5.24. The Hall–Kier alpha value is -1.45. The smallest absolute Gasteiger partial charge is 0.223 e. The predicted molar refractivity (Wildman–Crippen MR) is 34.3 cm³/mol. The van der Waals surface area contributed by atoms with E-state index in [9.17, 15) is 4.79 Å². The van der Waals surface area contributed by atoms with E-state index in [0.717, 1.165) is 6.07 Å². The average molecular weight is 141 g/mol. The zero-order valence-corrected chi connectivity index (χ0v) is 5.40. The SMILES string of the molecule is Cc1c(O)c(=O)ccn1O. The second-order valence-corrected chi connectivity index (χ2v) is 1.96. The van der Waals surface area contributed by atoms with Gasteiger partial charge in [-0.3, -0.25) is 4.79 Å². The largest absolute Gasteiger partial charge is 0.503 e. The van der Waals surface area contributed by atoms with Crippen molar-refractivity contribution < 1.29 is 10.3 Å². The van der Waals surface area contributed by atoms with Crippen LogP contribution in [0.1, 0.15) is 5.69 Å². The van der Waals surface area contributed by atoms with Gasteiger partial charge >= 0.3 is 0 Å². The van der Waals surface area contributed by atoms with Gasteiger partial charge in [0.25, 0.3) is 0 Å². The van der Waals surface area contributed by atoms with Crippen LogP contribution in [0.3, 0.4) is 0 Å². The van der Waals surface area contributed by atoms with E-state index in [4.69, 9.17) is 10.3 Å². The molecule has 0 unspecified atom stereocenters. The Morgan fingerprint density at radius 3 is 2.70 bits per heavy atom. The van der Waals surface area contributed by atoms with Crippen molar-refractivity contribution in [1.82, 2.24) is 4.73 Å². The lowest BCUT2D eigenvalue weighted by atomic mass is 10.3. The van der Waals surface area contributed by atoms with Crippen LogP contribution in [0.15, 0.2) is 17.1 Å². The Morgan fingerprint density at radius 1 is 1.60 bits per heavy atom. The zero-order chi connectivity index (χ0) is 7.72. The maximum Gasteiger partial charge on any atom is 0.223 e. The first-order chi connectivity index (χ1) is 4.63. The molecule has 1 aromatic rings. The third kappa shape index (κ3) is 0.834. The van der Waals surface area contributed by atoms with E-state index in [1.54, 1.807) is 0 Å². The summed E-state index contributed by atoms with van der Waals surface area (Å²) in [4.78, 5) is 10.6. The quantitative estimate of drug-likeness (QED) is 0.503. The maximum atomic E-state index is 10.6. The topological polar surface area (TPSA) is 62.5 Å². The Kier molecular flexibility index (Phi) is 1.37. The number of rotatable bonds is 0. The van der Waals surface area contributed by atoms with Crippen molar-refractivity contribution >= 4 is 0 Å². The summed E-state index contributed by atoms with van der Waals surface area (Å²) in [5.74, 6) is -0.412. The summed E-state index contributed by atoms with van der Waals surface area (Å²) < 4.78 is 0.691. The fourth-order valence-electron chi connectivity index (χ4n) is 0.616. The summed E-state index contributed by atoms with van der Waals surface area (Å²) in [6.45, 7) is 1.44. The maximum absolute atomic E-state index is 10.6. The second-order valence-electron chi connectivity index (χ2n) is 1.96. The standard InChI is InChI=1S/C6H7NO3/c1-4-6(9)5(8)2-3-7(4)10/h2-3,9-10H,1H3. The van der Waals surface area contributed by atoms with Crippen LogP contribution in [0, 0.1) is 6.92 Å². The molecule has 1 rings (SSSR count). The van der Waals surface area contributed by atoms with Gasteiger partial charge in [-0.15, -0.1) is 0 Å². The molecule has 0 spiro atoms. The van der Waals surface area contributed by atoms with Gasteiger partial charge in [-0.1, -0.05) is 0 Å². The number of hydrogen-bond acceptors (Lipinski definition) is 3. The summed E-state index contributed by atoms with van der Waals surface area (Å²) in [6, 6.07) is 1.09. The minimum absolute atomic E-state index is 0.146. The first-order valence-electron chi connectivity index (χ1n) is 2.73. The van der Waals surface area contributed by atoms with Crippen molar-refractivity contribution in [3.05, 3.63) is 28.2 Å². The van der Waals surface area contributed by atoms with E-state index in [0.29, 0.717) is 4.73 Å². The molecule has 0 bridgehead atoms. The summed E-state index contributed by atoms with van der Waals surface area (Å²) in [7, 11) is 0. The van der Waals surface area contributed by atoms with Crippen LogP contribution in [0.2, 0.25) is 0 Å². The van der Waals surface area contributed by atoms with Gasteiger partial charge < -0.3 is 10.3 Å². The molecular formula is C6H7NO3. The third-order valence-corrected chi connectivity index (χ3v) is 1.29. The van der Waals surface area contributed by atoms with Crippen molar-refractivity contribution in [3.8, 4) is 5.75 Å². The van der Waals surface area contributed by atoms with Crippen LogP contribution in [0.25, 0.3) is 0 Å². The third-order valence-electron chi connectivity index (χ3n) is 1.29. The Bertz CT molecular complexity index is 302. The molecule has 0 atom stereocenters. The van der Waals surface area contributed by atoms with Gasteiger partial charge in [0, 0.05) is 12.3 Å². The molecule has 0 aliphatic carbocycles. The molecule has 1 aromatic heterocycles. The molecule has 0 aliphatic rings. The highest BCUT2D eigenvalue weighted by Gasteiger charge is 2.02. The van der Waals surface area contributed by atoms with Crippen molar-refractivity contribution in [3.63, 3.8) is 0 Å². The molecule has 0 aromatic carbocycles. The lowest BCUT2D eigenvalue weighted by Gasteiger charge is -2.01. The minimum atomic E-state index is -0.484. The molecule has 0 amide bonds. The summed E-state index contributed by atoms with van der Waals surface area (Å²) in [6.07, 6.45) is 1.18. The Morgan fingerprint density at radius 2 is 2.20 bits per heavy atom. The van der Waals surface area contributed by atoms with E-state index in [-0.39, 0.29) is 5.69 Å². The number of nitrogens with zero attached hydrogens (tertiary/aromatic N) is 1.